The maximum atomic E-state index is 13.7. The van der Waals surface area contributed by atoms with Crippen molar-refractivity contribution in [3.05, 3.63) is 36.2 Å². The van der Waals surface area contributed by atoms with Crippen LogP contribution in [0.15, 0.2) is 24.8 Å². The number of hydrogen-bond donors (Lipinski definition) is 0. The molecule has 0 fully saturated rings. The lowest BCUT2D eigenvalue weighted by Crippen LogP contribution is -2.01. The molecule has 0 radical (unpaired) electrons. The maximum absolute atomic E-state index is 13.7. The van der Waals surface area contributed by atoms with Gasteiger partial charge in [-0.15, -0.1) is 6.58 Å². The molecule has 0 aliphatic carbocycles. The van der Waals surface area contributed by atoms with Gasteiger partial charge in [-0.25, -0.2) is 4.39 Å². The second kappa shape index (κ2) is 6.94. The van der Waals surface area contributed by atoms with Gasteiger partial charge in [-0.2, -0.15) is 0 Å². The molecule has 0 amide bonds. The van der Waals surface area contributed by atoms with Crippen LogP contribution in [0.2, 0.25) is 0 Å². The van der Waals surface area contributed by atoms with E-state index in [0.29, 0.717) is 36.7 Å². The molecule has 0 bridgehead atoms. The van der Waals surface area contributed by atoms with E-state index in [-0.39, 0.29) is 5.82 Å². The minimum Gasteiger partial charge on any atom is -0.490 e. The van der Waals surface area contributed by atoms with E-state index in [9.17, 15) is 4.39 Å². The van der Waals surface area contributed by atoms with Crippen LogP contribution in [0, 0.1) is 5.82 Å². The van der Waals surface area contributed by atoms with Crippen LogP contribution in [0.1, 0.15) is 25.8 Å². The van der Waals surface area contributed by atoms with E-state index in [4.69, 9.17) is 9.47 Å². The van der Waals surface area contributed by atoms with Crippen molar-refractivity contribution in [2.45, 2.75) is 26.7 Å². The first-order chi connectivity index (χ1) is 8.22. The molecule has 0 aliphatic rings. The molecule has 94 valence electrons. The van der Waals surface area contributed by atoms with Crippen LogP contribution in [0.4, 0.5) is 4.39 Å². The zero-order valence-corrected chi connectivity index (χ0v) is 10.5. The third kappa shape index (κ3) is 3.77. The van der Waals surface area contributed by atoms with Crippen molar-refractivity contribution in [1.82, 2.24) is 0 Å². The van der Waals surface area contributed by atoms with Crippen molar-refractivity contribution in [1.29, 1.82) is 0 Å². The highest BCUT2D eigenvalue weighted by molar-refractivity contribution is 5.44. The topological polar surface area (TPSA) is 18.5 Å². The Morgan fingerprint density at radius 1 is 1.18 bits per heavy atom. The number of halogens is 1. The molecule has 0 saturated carbocycles. The fraction of sp³-hybridized carbons (Fsp3) is 0.429. The molecule has 17 heavy (non-hydrogen) atoms. The second-order valence-electron chi connectivity index (χ2n) is 3.58. The Hall–Kier alpha value is -1.51. The zero-order valence-electron chi connectivity index (χ0n) is 10.5. The molecular weight excluding hydrogens is 219 g/mol. The fourth-order valence-corrected chi connectivity index (χ4v) is 1.56. The zero-order chi connectivity index (χ0) is 12.7. The summed E-state index contributed by atoms with van der Waals surface area (Å²) in [4.78, 5) is 0. The Morgan fingerprint density at radius 3 is 2.29 bits per heavy atom. The first-order valence-electron chi connectivity index (χ1n) is 5.91. The Labute approximate surface area is 102 Å². The summed E-state index contributed by atoms with van der Waals surface area (Å²) in [6.07, 6.45) is 3.15. The van der Waals surface area contributed by atoms with Gasteiger partial charge in [0.25, 0.3) is 0 Å². The summed E-state index contributed by atoms with van der Waals surface area (Å²) in [6.45, 7) is 8.41. The summed E-state index contributed by atoms with van der Waals surface area (Å²) in [5.41, 5.74) is 0.636. The van der Waals surface area contributed by atoms with E-state index in [1.165, 1.54) is 6.07 Å². The quantitative estimate of drug-likeness (QED) is 0.674. The van der Waals surface area contributed by atoms with E-state index in [0.717, 1.165) is 6.42 Å². The Balaban J connectivity index is 3.00. The van der Waals surface area contributed by atoms with E-state index in [1.54, 1.807) is 12.1 Å². The highest BCUT2D eigenvalue weighted by Gasteiger charge is 2.11. The Bertz CT molecular complexity index is 375. The first-order valence-corrected chi connectivity index (χ1v) is 5.91. The van der Waals surface area contributed by atoms with E-state index in [1.807, 2.05) is 13.8 Å². The summed E-state index contributed by atoms with van der Waals surface area (Å²) < 4.78 is 24.5. The highest BCUT2D eigenvalue weighted by Crippen LogP contribution is 2.31. The number of allylic oxidation sites excluding steroid dienone is 1. The van der Waals surface area contributed by atoms with E-state index >= 15 is 0 Å². The van der Waals surface area contributed by atoms with Gasteiger partial charge < -0.3 is 9.47 Å². The van der Waals surface area contributed by atoms with Gasteiger partial charge in [0.05, 0.1) is 13.2 Å². The Morgan fingerprint density at radius 2 is 1.76 bits per heavy atom. The molecule has 0 aliphatic heterocycles. The number of ether oxygens (including phenoxy) is 2. The molecular formula is C14H19FO2. The smallest absolute Gasteiger partial charge is 0.164 e. The molecule has 0 unspecified atom stereocenters. The van der Waals surface area contributed by atoms with Crippen molar-refractivity contribution in [2.24, 2.45) is 0 Å². The SMILES string of the molecule is C=CCCc1cc(OCC)c(OCC)cc1F. The first kappa shape index (κ1) is 13.6. The standard InChI is InChI=1S/C14H19FO2/c1-4-7-8-11-9-13(16-5-2)14(17-6-3)10-12(11)15/h4,9-10H,1,5-8H2,2-3H3. The molecule has 2 nitrogen and oxygen atoms in total. The van der Waals surface area contributed by atoms with Crippen LogP contribution in [-0.2, 0) is 6.42 Å². The van der Waals surface area contributed by atoms with Crippen LogP contribution in [0.3, 0.4) is 0 Å². The molecule has 0 N–H and O–H groups in total. The lowest BCUT2D eigenvalue weighted by Gasteiger charge is -2.13. The van der Waals surface area contributed by atoms with Crippen LogP contribution in [0.25, 0.3) is 0 Å². The van der Waals surface area contributed by atoms with Gasteiger partial charge >= 0.3 is 0 Å². The van der Waals surface area contributed by atoms with Crippen molar-refractivity contribution in [2.75, 3.05) is 13.2 Å². The molecule has 1 aromatic carbocycles. The predicted molar refractivity (Wildman–Crippen MR) is 67.3 cm³/mol. The van der Waals surface area contributed by atoms with Crippen LogP contribution < -0.4 is 9.47 Å². The van der Waals surface area contributed by atoms with Crippen LogP contribution in [0.5, 0.6) is 11.5 Å². The molecule has 0 saturated heterocycles. The molecule has 1 rings (SSSR count). The van der Waals surface area contributed by atoms with Gasteiger partial charge in [-0.3, -0.25) is 0 Å². The van der Waals surface area contributed by atoms with Gasteiger partial charge in [-0.05, 0) is 38.3 Å². The summed E-state index contributed by atoms with van der Waals surface area (Å²) in [5.74, 6) is 0.822. The minimum atomic E-state index is -0.251. The molecule has 0 atom stereocenters. The largest absolute Gasteiger partial charge is 0.490 e. The van der Waals surface area contributed by atoms with E-state index in [2.05, 4.69) is 6.58 Å². The Kier molecular flexibility index (Phi) is 5.53. The molecule has 0 aromatic heterocycles. The molecule has 0 heterocycles. The summed E-state index contributed by atoms with van der Waals surface area (Å²) in [7, 11) is 0. The van der Waals surface area contributed by atoms with Crippen LogP contribution in [-0.4, -0.2) is 13.2 Å². The summed E-state index contributed by atoms with van der Waals surface area (Å²) in [5, 5.41) is 0. The maximum Gasteiger partial charge on any atom is 0.164 e. The van der Waals surface area contributed by atoms with Crippen LogP contribution >= 0.6 is 0 Å². The molecule has 0 spiro atoms. The molecule has 1 aromatic rings. The van der Waals surface area contributed by atoms with Gasteiger partial charge in [-0.1, -0.05) is 6.08 Å². The van der Waals surface area contributed by atoms with Gasteiger partial charge in [0.1, 0.15) is 5.82 Å². The summed E-state index contributed by atoms with van der Waals surface area (Å²) in [6, 6.07) is 3.11. The average molecular weight is 238 g/mol. The van der Waals surface area contributed by atoms with Gasteiger partial charge in [0.2, 0.25) is 0 Å². The van der Waals surface area contributed by atoms with E-state index < -0.39 is 0 Å². The van der Waals surface area contributed by atoms with Crippen molar-refractivity contribution in [3.63, 3.8) is 0 Å². The normalized spacial score (nSPS) is 10.1. The number of benzene rings is 1. The fourth-order valence-electron chi connectivity index (χ4n) is 1.56. The number of aryl methyl sites for hydroxylation is 1. The second-order valence-corrected chi connectivity index (χ2v) is 3.58. The summed E-state index contributed by atoms with van der Waals surface area (Å²) >= 11 is 0. The highest BCUT2D eigenvalue weighted by atomic mass is 19.1. The third-order valence-corrected chi connectivity index (χ3v) is 2.33. The van der Waals surface area contributed by atoms with Gasteiger partial charge in [0, 0.05) is 6.07 Å². The van der Waals surface area contributed by atoms with Crippen molar-refractivity contribution in [3.8, 4) is 11.5 Å². The van der Waals surface area contributed by atoms with Crippen molar-refractivity contribution < 1.29 is 13.9 Å². The predicted octanol–water partition coefficient (Wildman–Crippen LogP) is 3.74. The third-order valence-electron chi connectivity index (χ3n) is 2.33. The average Bonchev–Trinajstić information content (AvgIpc) is 2.31. The number of hydrogen-bond acceptors (Lipinski definition) is 2. The van der Waals surface area contributed by atoms with Gasteiger partial charge in [0.15, 0.2) is 11.5 Å². The lowest BCUT2D eigenvalue weighted by atomic mass is 10.1. The molecule has 3 heteroatoms. The lowest BCUT2D eigenvalue weighted by molar-refractivity contribution is 0.285. The minimum absolute atomic E-state index is 0.251. The number of rotatable bonds is 7. The van der Waals surface area contributed by atoms with Crippen molar-refractivity contribution >= 4 is 0 Å². The monoisotopic (exact) mass is 238 g/mol.